The summed E-state index contributed by atoms with van der Waals surface area (Å²) in [5, 5.41) is 6.00. The van der Waals surface area contributed by atoms with Crippen molar-refractivity contribution in [1.82, 2.24) is 24.8 Å². The van der Waals surface area contributed by atoms with Gasteiger partial charge in [-0.1, -0.05) is 11.6 Å². The Morgan fingerprint density at radius 1 is 1.07 bits per heavy atom. The quantitative estimate of drug-likeness (QED) is 0.242. The Balaban J connectivity index is 1.48. The smallest absolute Gasteiger partial charge is 0.494 e. The van der Waals surface area contributed by atoms with E-state index in [1.807, 2.05) is 19.1 Å². The highest BCUT2D eigenvalue weighted by atomic mass is 35.5. The molecule has 17 heteroatoms. The molecule has 0 saturated carbocycles. The Morgan fingerprint density at radius 2 is 1.80 bits per heavy atom. The Morgan fingerprint density at radius 3 is 2.47 bits per heavy atom. The third-order valence-electron chi connectivity index (χ3n) is 7.58. The van der Waals surface area contributed by atoms with Crippen LogP contribution in [0.5, 0.6) is 5.75 Å². The number of fused-ring (bicyclic) bond motifs is 1. The number of ether oxygens (including phenoxy) is 1. The van der Waals surface area contributed by atoms with E-state index in [4.69, 9.17) is 16.3 Å². The summed E-state index contributed by atoms with van der Waals surface area (Å²) in [6.45, 7) is 3.80. The van der Waals surface area contributed by atoms with Crippen LogP contribution in [-0.2, 0) is 10.0 Å². The van der Waals surface area contributed by atoms with Gasteiger partial charge in [-0.3, -0.25) is 14.3 Å². The Kier molecular flexibility index (Phi) is 8.83. The molecule has 3 heterocycles. The minimum atomic E-state index is -5.80. The largest absolute Gasteiger partial charge is 0.516 e. The van der Waals surface area contributed by atoms with Crippen LogP contribution < -0.4 is 24.6 Å². The second-order valence-corrected chi connectivity index (χ2v) is 13.0. The van der Waals surface area contributed by atoms with E-state index in [9.17, 15) is 21.6 Å². The minimum Gasteiger partial charge on any atom is -0.494 e. The number of rotatable bonds is 9. The molecule has 0 radical (unpaired) electrons. The minimum absolute atomic E-state index is 0.00411. The normalized spacial score (nSPS) is 15.5. The molecule has 12 nitrogen and oxygen atoms in total. The maximum Gasteiger partial charge on any atom is 0.516 e. The van der Waals surface area contributed by atoms with E-state index in [0.29, 0.717) is 17.5 Å². The van der Waals surface area contributed by atoms with Crippen molar-refractivity contribution in [1.29, 1.82) is 0 Å². The van der Waals surface area contributed by atoms with Crippen molar-refractivity contribution in [3.8, 4) is 5.75 Å². The number of aryl methyl sites for hydroxylation is 1. The molecule has 1 saturated heterocycles. The molecular weight excluding hydrogens is 635 g/mol. The van der Waals surface area contributed by atoms with Crippen molar-refractivity contribution in [2.75, 3.05) is 61.2 Å². The number of benzene rings is 2. The standard InChI is InChI=1S/C28H31ClF3N9O3S/c1-16-12-21(23(44-5)13-22(16)41-11-8-17(15-41)39(2)3)37-27-35-14-18(29)26(38-27)36-20-7-6-19-24(34-10-9-33-19)25(20)40(4)45(42,43)28(30,31)32/h6-7,9-10,12-14,17H,8,11,15H2,1-5H3,(H2,35,36,37,38). The maximum atomic E-state index is 13.6. The average molecular weight is 666 g/mol. The summed E-state index contributed by atoms with van der Waals surface area (Å²) in [4.78, 5) is 21.4. The van der Waals surface area contributed by atoms with Gasteiger partial charge in [0.15, 0.2) is 5.82 Å². The van der Waals surface area contributed by atoms with E-state index in [2.05, 4.69) is 54.5 Å². The number of halogens is 4. The Hall–Kier alpha value is -4.15. The highest BCUT2D eigenvalue weighted by Gasteiger charge is 2.50. The van der Waals surface area contributed by atoms with Gasteiger partial charge in [0.05, 0.1) is 30.2 Å². The monoisotopic (exact) mass is 665 g/mol. The van der Waals surface area contributed by atoms with Gasteiger partial charge in [-0.15, -0.1) is 0 Å². The van der Waals surface area contributed by atoms with Crippen LogP contribution in [-0.4, -0.2) is 86.1 Å². The van der Waals surface area contributed by atoms with Crippen molar-refractivity contribution in [3.63, 3.8) is 0 Å². The molecule has 0 spiro atoms. The van der Waals surface area contributed by atoms with E-state index < -0.39 is 21.2 Å². The third-order valence-corrected chi connectivity index (χ3v) is 9.34. The highest BCUT2D eigenvalue weighted by Crippen LogP contribution is 2.40. The van der Waals surface area contributed by atoms with Crippen molar-refractivity contribution >= 4 is 67.2 Å². The number of hydrogen-bond acceptors (Lipinski definition) is 11. The molecule has 5 rings (SSSR count). The van der Waals surface area contributed by atoms with Crippen molar-refractivity contribution in [2.45, 2.75) is 24.9 Å². The first kappa shape index (κ1) is 32.2. The first-order valence-electron chi connectivity index (χ1n) is 13.7. The molecule has 0 bridgehead atoms. The SMILES string of the molecule is COc1cc(N2CCC(N(C)C)C2)c(C)cc1Nc1ncc(Cl)c(Nc2ccc3nccnc3c2N(C)S(=O)(=O)C(F)(F)F)n1. The molecule has 2 aromatic carbocycles. The molecule has 1 fully saturated rings. The number of anilines is 6. The Labute approximate surface area is 263 Å². The molecule has 0 amide bonds. The molecule has 4 aromatic rings. The zero-order valence-electron chi connectivity index (χ0n) is 25.0. The van der Waals surface area contributed by atoms with Gasteiger partial charge in [0.25, 0.3) is 0 Å². The van der Waals surface area contributed by atoms with Crippen LogP contribution in [0.4, 0.5) is 47.7 Å². The molecule has 240 valence electrons. The van der Waals surface area contributed by atoms with Gasteiger partial charge in [-0.2, -0.15) is 26.6 Å². The third kappa shape index (κ3) is 6.35. The van der Waals surface area contributed by atoms with Crippen LogP contribution >= 0.6 is 11.6 Å². The van der Waals surface area contributed by atoms with Gasteiger partial charge < -0.3 is 25.2 Å². The highest BCUT2D eigenvalue weighted by molar-refractivity contribution is 7.93. The zero-order valence-corrected chi connectivity index (χ0v) is 26.6. The second-order valence-electron chi connectivity index (χ2n) is 10.6. The van der Waals surface area contributed by atoms with Gasteiger partial charge in [-0.05, 0) is 51.2 Å². The molecule has 0 aliphatic carbocycles. The first-order valence-corrected chi connectivity index (χ1v) is 15.5. The summed E-state index contributed by atoms with van der Waals surface area (Å²) in [5.41, 5.74) is -3.31. The van der Waals surface area contributed by atoms with Crippen LogP contribution in [0.1, 0.15) is 12.0 Å². The fourth-order valence-electron chi connectivity index (χ4n) is 5.15. The molecule has 1 unspecified atom stereocenters. The van der Waals surface area contributed by atoms with Crippen LogP contribution in [0.2, 0.25) is 5.02 Å². The van der Waals surface area contributed by atoms with Gasteiger partial charge in [0.2, 0.25) is 5.95 Å². The predicted octanol–water partition coefficient (Wildman–Crippen LogP) is 5.30. The lowest BCUT2D eigenvalue weighted by molar-refractivity contribution is -0.0436. The van der Waals surface area contributed by atoms with Gasteiger partial charge in [0, 0.05) is 50.3 Å². The molecule has 2 N–H and O–H groups in total. The fraction of sp³-hybridized carbons (Fsp3) is 0.357. The van der Waals surface area contributed by atoms with Gasteiger partial charge >= 0.3 is 15.5 Å². The second kappa shape index (κ2) is 12.3. The van der Waals surface area contributed by atoms with Crippen molar-refractivity contribution in [3.05, 3.63) is 53.4 Å². The topological polar surface area (TPSA) is 129 Å². The van der Waals surface area contributed by atoms with E-state index in [-0.39, 0.29) is 37.8 Å². The molecule has 1 aliphatic rings. The Bertz CT molecular complexity index is 1840. The first-order chi connectivity index (χ1) is 21.2. The number of alkyl halides is 3. The lowest BCUT2D eigenvalue weighted by Gasteiger charge is -2.25. The molecule has 45 heavy (non-hydrogen) atoms. The fourth-order valence-corrected chi connectivity index (χ4v) is 6.02. The van der Waals surface area contributed by atoms with E-state index in [1.54, 1.807) is 7.11 Å². The summed E-state index contributed by atoms with van der Waals surface area (Å²) in [5.74, 6) is 0.640. The summed E-state index contributed by atoms with van der Waals surface area (Å²) in [6, 6.07) is 7.16. The predicted molar refractivity (Wildman–Crippen MR) is 169 cm³/mol. The number of nitrogens with one attached hydrogen (secondary N) is 2. The van der Waals surface area contributed by atoms with Crippen molar-refractivity contribution < 1.29 is 26.3 Å². The van der Waals surface area contributed by atoms with Crippen LogP contribution in [0, 0.1) is 6.92 Å². The van der Waals surface area contributed by atoms with Crippen LogP contribution in [0.15, 0.2) is 42.9 Å². The summed E-state index contributed by atoms with van der Waals surface area (Å²) < 4.78 is 71.3. The molecule has 1 atom stereocenters. The number of methoxy groups -OCH3 is 1. The lowest BCUT2D eigenvalue weighted by Crippen LogP contribution is -2.38. The number of likely N-dealkylation sites (N-methyl/N-ethyl adjacent to an activating group) is 1. The average Bonchev–Trinajstić information content (AvgIpc) is 3.48. The van der Waals surface area contributed by atoms with Gasteiger partial charge in [-0.25, -0.2) is 4.98 Å². The summed E-state index contributed by atoms with van der Waals surface area (Å²) >= 11 is 6.38. The number of hydrogen-bond donors (Lipinski definition) is 2. The van der Waals surface area contributed by atoms with Crippen LogP contribution in [0.3, 0.4) is 0 Å². The van der Waals surface area contributed by atoms with E-state index in [0.717, 1.165) is 37.8 Å². The molecule has 1 aliphatic heterocycles. The zero-order chi connectivity index (χ0) is 32.7. The summed E-state index contributed by atoms with van der Waals surface area (Å²) in [6.07, 6.45) is 4.93. The lowest BCUT2D eigenvalue weighted by atomic mass is 10.1. The van der Waals surface area contributed by atoms with Crippen molar-refractivity contribution in [2.24, 2.45) is 0 Å². The maximum absolute atomic E-state index is 13.6. The van der Waals surface area contributed by atoms with Gasteiger partial charge in [0.1, 0.15) is 22.0 Å². The number of nitrogens with zero attached hydrogens (tertiary/aromatic N) is 7. The molecule has 2 aromatic heterocycles. The summed E-state index contributed by atoms with van der Waals surface area (Å²) in [7, 11) is 0.684. The van der Waals surface area contributed by atoms with E-state index >= 15 is 0 Å². The molecular formula is C28H31ClF3N9O3S. The number of aromatic nitrogens is 4. The van der Waals surface area contributed by atoms with Crippen LogP contribution in [0.25, 0.3) is 11.0 Å². The van der Waals surface area contributed by atoms with E-state index in [1.165, 1.54) is 30.7 Å². The number of sulfonamides is 1.